The lowest BCUT2D eigenvalue weighted by Crippen LogP contribution is -2.69. The van der Waals surface area contributed by atoms with Gasteiger partial charge in [0, 0.05) is 19.1 Å². The second-order valence-electron chi connectivity index (χ2n) is 9.85. The molecule has 0 radical (unpaired) electrons. The molecule has 0 bridgehead atoms. The van der Waals surface area contributed by atoms with Crippen molar-refractivity contribution in [2.24, 2.45) is 28.7 Å². The first-order valence-corrected chi connectivity index (χ1v) is 12.4. The Labute approximate surface area is 214 Å². The summed E-state index contributed by atoms with van der Waals surface area (Å²) >= 11 is 0. The Balaban J connectivity index is 1.82. The van der Waals surface area contributed by atoms with Crippen LogP contribution in [0.5, 0.6) is 0 Å². The lowest BCUT2D eigenvalue weighted by molar-refractivity contribution is -0.314. The van der Waals surface area contributed by atoms with E-state index in [9.17, 15) is 30.3 Å². The fraction of sp³-hybridized carbons (Fsp3) is 0.952. The van der Waals surface area contributed by atoms with E-state index in [2.05, 4.69) is 5.32 Å². The molecule has 16 N–H and O–H groups in total. The van der Waals surface area contributed by atoms with Crippen LogP contribution < -0.4 is 34.0 Å². The van der Waals surface area contributed by atoms with Gasteiger partial charge < -0.3 is 78.5 Å². The van der Waals surface area contributed by atoms with Crippen LogP contribution in [0.4, 0.5) is 0 Å². The van der Waals surface area contributed by atoms with Crippen LogP contribution in [0.25, 0.3) is 0 Å². The molecule has 6 unspecified atom stereocenters. The fourth-order valence-corrected chi connectivity index (χ4v) is 4.84. The number of nitrogens with one attached hydrogen (secondary N) is 1. The van der Waals surface area contributed by atoms with Gasteiger partial charge in [0.15, 0.2) is 12.6 Å². The maximum Gasteiger partial charge on any atom is 0.250 e. The van der Waals surface area contributed by atoms with Crippen LogP contribution in [0.2, 0.25) is 0 Å². The van der Waals surface area contributed by atoms with Crippen molar-refractivity contribution in [1.29, 1.82) is 0 Å². The summed E-state index contributed by atoms with van der Waals surface area (Å²) in [4.78, 5) is 12.4. The standard InChI is InChI=1S/C21H42N6O10/c22-4-7-1-2-8(24)20(34-7)36-17-9(25)3-10(27-19(33)11(29)5-23)18(16(17)32)37-21-15(31)13(26)14(30)12(6-28)35-21/h7-18,20-21,28-32H,1-6,22-26H2,(H,27,33)/t7?,8?,9-,10+,11-,12?,13-,14-,15?,16?,17?,18+,20-,21-/m0/s1. The van der Waals surface area contributed by atoms with E-state index in [1.54, 1.807) is 0 Å². The van der Waals surface area contributed by atoms with E-state index in [0.717, 1.165) is 0 Å². The number of carbonyl (C=O) groups excluding carboxylic acids is 1. The van der Waals surface area contributed by atoms with E-state index in [0.29, 0.717) is 12.8 Å². The Morgan fingerprint density at radius 2 is 1.62 bits per heavy atom. The Bertz CT molecular complexity index is 740. The highest BCUT2D eigenvalue weighted by molar-refractivity contribution is 5.81. The van der Waals surface area contributed by atoms with Gasteiger partial charge >= 0.3 is 0 Å². The van der Waals surface area contributed by atoms with Gasteiger partial charge in [-0.15, -0.1) is 0 Å². The molecule has 0 aromatic carbocycles. The molecule has 1 aliphatic carbocycles. The molecule has 3 rings (SSSR count). The lowest BCUT2D eigenvalue weighted by atomic mass is 9.83. The first-order valence-electron chi connectivity index (χ1n) is 12.4. The van der Waals surface area contributed by atoms with Gasteiger partial charge in [-0.3, -0.25) is 4.79 Å². The second kappa shape index (κ2) is 13.3. The van der Waals surface area contributed by atoms with Crippen molar-refractivity contribution < 1.29 is 49.3 Å². The molecule has 16 nitrogen and oxygen atoms in total. The monoisotopic (exact) mass is 538 g/mol. The van der Waals surface area contributed by atoms with Crippen LogP contribution in [0.3, 0.4) is 0 Å². The molecule has 0 aromatic rings. The lowest BCUT2D eigenvalue weighted by Gasteiger charge is -2.48. The van der Waals surface area contributed by atoms with E-state index in [1.165, 1.54) is 0 Å². The molecule has 37 heavy (non-hydrogen) atoms. The SMILES string of the molecule is NCC1CCC(N)[C@H](OC2C(O)[C@H](O[C@@H]3OC(CO)[C@H](O)[C@H](N)C3O)[C@H](NC(=O)[C@@H](O)CN)C[C@@H]2N)O1. The predicted molar refractivity (Wildman–Crippen MR) is 126 cm³/mol. The van der Waals surface area contributed by atoms with Crippen molar-refractivity contribution in [3.63, 3.8) is 0 Å². The summed E-state index contributed by atoms with van der Waals surface area (Å²) < 4.78 is 23.2. The number of nitrogens with two attached hydrogens (primary N) is 5. The molecule has 16 heteroatoms. The van der Waals surface area contributed by atoms with Gasteiger partial charge in [0.1, 0.15) is 42.7 Å². The average molecular weight is 539 g/mol. The second-order valence-corrected chi connectivity index (χ2v) is 9.85. The Kier molecular flexibility index (Phi) is 11.0. The quantitative estimate of drug-likeness (QED) is 0.130. The highest BCUT2D eigenvalue weighted by Gasteiger charge is 2.51. The van der Waals surface area contributed by atoms with Crippen LogP contribution in [-0.4, -0.2) is 137 Å². The minimum Gasteiger partial charge on any atom is -0.394 e. The third-order valence-electron chi connectivity index (χ3n) is 7.15. The zero-order valence-electron chi connectivity index (χ0n) is 20.5. The summed E-state index contributed by atoms with van der Waals surface area (Å²) in [5.41, 5.74) is 29.4. The highest BCUT2D eigenvalue weighted by Crippen LogP contribution is 2.31. The predicted octanol–water partition coefficient (Wildman–Crippen LogP) is -6.79. The van der Waals surface area contributed by atoms with Gasteiger partial charge in [-0.2, -0.15) is 0 Å². The van der Waals surface area contributed by atoms with E-state index in [1.807, 2.05) is 0 Å². The van der Waals surface area contributed by atoms with Gasteiger partial charge in [0.05, 0.1) is 30.8 Å². The first kappa shape index (κ1) is 30.5. The molecule has 0 aromatic heterocycles. The van der Waals surface area contributed by atoms with Crippen LogP contribution in [0.1, 0.15) is 19.3 Å². The molecule has 3 aliphatic rings. The number of hydrogen-bond donors (Lipinski definition) is 11. The summed E-state index contributed by atoms with van der Waals surface area (Å²) in [5.74, 6) is -0.825. The van der Waals surface area contributed by atoms with Gasteiger partial charge in [0.2, 0.25) is 5.91 Å². The molecule has 14 atom stereocenters. The highest BCUT2D eigenvalue weighted by atomic mass is 16.7. The molecule has 1 saturated carbocycles. The Morgan fingerprint density at radius 3 is 2.24 bits per heavy atom. The van der Waals surface area contributed by atoms with E-state index < -0.39 is 92.0 Å². The van der Waals surface area contributed by atoms with E-state index in [4.69, 9.17) is 47.6 Å². The largest absolute Gasteiger partial charge is 0.394 e. The maximum atomic E-state index is 12.4. The number of rotatable bonds is 9. The van der Waals surface area contributed by atoms with Crippen LogP contribution in [-0.2, 0) is 23.7 Å². The van der Waals surface area contributed by atoms with Crippen molar-refractivity contribution in [3.8, 4) is 0 Å². The first-order chi connectivity index (χ1) is 17.5. The van der Waals surface area contributed by atoms with Crippen molar-refractivity contribution in [2.75, 3.05) is 19.7 Å². The van der Waals surface area contributed by atoms with Crippen molar-refractivity contribution in [2.45, 2.75) is 105 Å². The van der Waals surface area contributed by atoms with Crippen molar-refractivity contribution in [3.05, 3.63) is 0 Å². The molecule has 1 amide bonds. The molecule has 0 spiro atoms. The van der Waals surface area contributed by atoms with E-state index in [-0.39, 0.29) is 25.6 Å². The third-order valence-corrected chi connectivity index (χ3v) is 7.15. The fourth-order valence-electron chi connectivity index (χ4n) is 4.84. The third kappa shape index (κ3) is 6.92. The average Bonchev–Trinajstić information content (AvgIpc) is 2.88. The molecule has 3 fully saturated rings. The zero-order chi connectivity index (χ0) is 27.4. The molecule has 2 saturated heterocycles. The van der Waals surface area contributed by atoms with Crippen LogP contribution in [0, 0.1) is 0 Å². The van der Waals surface area contributed by atoms with Crippen molar-refractivity contribution >= 4 is 5.91 Å². The molecule has 2 aliphatic heterocycles. The van der Waals surface area contributed by atoms with Gasteiger partial charge in [-0.1, -0.05) is 0 Å². The summed E-state index contributed by atoms with van der Waals surface area (Å²) in [5, 5.41) is 53.9. The summed E-state index contributed by atoms with van der Waals surface area (Å²) in [6, 6.07) is -3.56. The van der Waals surface area contributed by atoms with E-state index >= 15 is 0 Å². The smallest absolute Gasteiger partial charge is 0.250 e. The Hall–Kier alpha value is -1.09. The topological polar surface area (TPSA) is 297 Å². The van der Waals surface area contributed by atoms with Gasteiger partial charge in [-0.05, 0) is 19.3 Å². The molecule has 2 heterocycles. The number of hydrogen-bond acceptors (Lipinski definition) is 15. The zero-order valence-corrected chi connectivity index (χ0v) is 20.5. The number of aliphatic hydroxyl groups is 5. The van der Waals surface area contributed by atoms with Gasteiger partial charge in [-0.25, -0.2) is 0 Å². The normalized spacial score (nSPS) is 45.8. The Morgan fingerprint density at radius 1 is 0.946 bits per heavy atom. The number of aliphatic hydroxyl groups excluding tert-OH is 5. The minimum absolute atomic E-state index is 0.0125. The summed E-state index contributed by atoms with van der Waals surface area (Å²) in [7, 11) is 0. The molecule has 216 valence electrons. The molecular formula is C21H42N6O10. The number of ether oxygens (including phenoxy) is 4. The van der Waals surface area contributed by atoms with Crippen molar-refractivity contribution in [1.82, 2.24) is 5.32 Å². The van der Waals surface area contributed by atoms with Crippen LogP contribution in [0.15, 0.2) is 0 Å². The van der Waals surface area contributed by atoms with Gasteiger partial charge in [0.25, 0.3) is 0 Å². The summed E-state index contributed by atoms with van der Waals surface area (Å²) in [6.45, 7) is -0.712. The minimum atomic E-state index is -1.55. The van der Waals surface area contributed by atoms with Crippen LogP contribution >= 0.6 is 0 Å². The maximum absolute atomic E-state index is 12.4. The molecular weight excluding hydrogens is 496 g/mol. The number of carbonyl (C=O) groups is 1. The number of amides is 1. The summed E-state index contributed by atoms with van der Waals surface area (Å²) in [6.07, 6.45) is -11.0.